The lowest BCUT2D eigenvalue weighted by atomic mass is 9.87. The average Bonchev–Trinajstić information content (AvgIpc) is 3.25. The third-order valence-electron chi connectivity index (χ3n) is 6.26. The molecule has 2 N–H and O–H groups in total. The minimum Gasteiger partial charge on any atom is -0.486 e. The molecular weight excluding hydrogens is 442 g/mol. The van der Waals surface area contributed by atoms with Gasteiger partial charge in [-0.25, -0.2) is 0 Å². The minimum atomic E-state index is -0.156. The number of morpholine rings is 1. The molecule has 2 aliphatic heterocycles. The van der Waals surface area contributed by atoms with Crippen molar-refractivity contribution in [3.8, 4) is 11.5 Å². The summed E-state index contributed by atoms with van der Waals surface area (Å²) >= 11 is 6.30. The topological polar surface area (TPSA) is 75.8 Å². The van der Waals surface area contributed by atoms with Gasteiger partial charge in [-0.3, -0.25) is 9.69 Å². The first-order valence-electron chi connectivity index (χ1n) is 11.4. The van der Waals surface area contributed by atoms with Crippen LogP contribution in [0.1, 0.15) is 23.5 Å². The van der Waals surface area contributed by atoms with Gasteiger partial charge in [0, 0.05) is 60.6 Å². The summed E-state index contributed by atoms with van der Waals surface area (Å²) in [6.07, 6.45) is 2.30. The molecule has 0 radical (unpaired) electrons. The van der Waals surface area contributed by atoms with Crippen LogP contribution in [0.15, 0.2) is 42.6 Å². The Kier molecular flexibility index (Phi) is 6.71. The molecule has 33 heavy (non-hydrogen) atoms. The molecule has 8 heteroatoms. The summed E-state index contributed by atoms with van der Waals surface area (Å²) < 4.78 is 16.9. The van der Waals surface area contributed by atoms with Gasteiger partial charge >= 0.3 is 0 Å². The molecule has 1 saturated heterocycles. The maximum Gasteiger partial charge on any atom is 0.220 e. The van der Waals surface area contributed by atoms with Gasteiger partial charge in [0.2, 0.25) is 5.91 Å². The van der Waals surface area contributed by atoms with E-state index in [1.165, 1.54) is 0 Å². The monoisotopic (exact) mass is 469 g/mol. The van der Waals surface area contributed by atoms with Gasteiger partial charge in [-0.2, -0.15) is 0 Å². The molecule has 0 aliphatic carbocycles. The smallest absolute Gasteiger partial charge is 0.220 e. The maximum atomic E-state index is 13.0. The van der Waals surface area contributed by atoms with Crippen molar-refractivity contribution >= 4 is 28.4 Å². The van der Waals surface area contributed by atoms with Crippen LogP contribution in [-0.2, 0) is 9.53 Å². The summed E-state index contributed by atoms with van der Waals surface area (Å²) in [6, 6.07) is 11.7. The Balaban J connectivity index is 1.38. The van der Waals surface area contributed by atoms with Crippen molar-refractivity contribution in [3.63, 3.8) is 0 Å². The first-order chi connectivity index (χ1) is 16.2. The number of benzene rings is 2. The normalized spacial score (nSPS) is 17.1. The number of halogens is 1. The fraction of sp³-hybridized carbons (Fsp3) is 0.400. The summed E-state index contributed by atoms with van der Waals surface area (Å²) in [5, 5.41) is 4.78. The molecule has 5 rings (SSSR count). The molecule has 7 nitrogen and oxygen atoms in total. The molecule has 1 aromatic heterocycles. The molecule has 174 valence electrons. The molecule has 2 aliphatic rings. The third-order valence-corrected chi connectivity index (χ3v) is 6.50. The highest BCUT2D eigenvalue weighted by Crippen LogP contribution is 2.39. The Morgan fingerprint density at radius 1 is 1.06 bits per heavy atom. The highest BCUT2D eigenvalue weighted by Gasteiger charge is 2.24. The summed E-state index contributed by atoms with van der Waals surface area (Å²) in [5.74, 6) is 1.31. The lowest BCUT2D eigenvalue weighted by Gasteiger charge is -2.26. The van der Waals surface area contributed by atoms with Crippen LogP contribution in [0.25, 0.3) is 10.9 Å². The van der Waals surface area contributed by atoms with Gasteiger partial charge in [-0.15, -0.1) is 0 Å². The Labute approximate surface area is 197 Å². The standard InChI is InChI=1S/C25H28ClN3O4/c26-18-2-3-22-20(14-18)21(16-28-22)19(17-1-4-23-24(13-17)33-12-11-32-23)15-25(30)27-5-6-29-7-9-31-10-8-29/h1-4,13-14,16,19,28H,5-12,15H2,(H,27,30)/t19-/m1/s1. The first kappa shape index (κ1) is 22.1. The molecule has 0 spiro atoms. The molecule has 1 atom stereocenters. The van der Waals surface area contributed by atoms with E-state index < -0.39 is 0 Å². The van der Waals surface area contributed by atoms with Crippen LogP contribution in [0.2, 0.25) is 5.02 Å². The lowest BCUT2D eigenvalue weighted by molar-refractivity contribution is -0.121. The molecule has 1 fully saturated rings. The van der Waals surface area contributed by atoms with Gasteiger partial charge in [0.15, 0.2) is 11.5 Å². The van der Waals surface area contributed by atoms with E-state index in [-0.39, 0.29) is 11.8 Å². The Morgan fingerprint density at radius 3 is 2.73 bits per heavy atom. The number of nitrogens with one attached hydrogen (secondary N) is 2. The van der Waals surface area contributed by atoms with Crippen LogP contribution < -0.4 is 14.8 Å². The highest BCUT2D eigenvalue weighted by molar-refractivity contribution is 6.31. The van der Waals surface area contributed by atoms with Crippen molar-refractivity contribution in [3.05, 3.63) is 58.7 Å². The highest BCUT2D eigenvalue weighted by atomic mass is 35.5. The van der Waals surface area contributed by atoms with Crippen LogP contribution in [0.3, 0.4) is 0 Å². The zero-order chi connectivity index (χ0) is 22.6. The van der Waals surface area contributed by atoms with Gasteiger partial charge in [-0.05, 0) is 41.5 Å². The zero-order valence-corrected chi connectivity index (χ0v) is 19.2. The fourth-order valence-electron chi connectivity index (χ4n) is 4.52. The van der Waals surface area contributed by atoms with Crippen molar-refractivity contribution < 1.29 is 19.0 Å². The molecule has 0 saturated carbocycles. The van der Waals surface area contributed by atoms with E-state index in [1.807, 2.05) is 42.6 Å². The van der Waals surface area contributed by atoms with Gasteiger partial charge in [0.05, 0.1) is 13.2 Å². The van der Waals surface area contributed by atoms with E-state index in [2.05, 4.69) is 15.2 Å². The quantitative estimate of drug-likeness (QED) is 0.553. The summed E-state index contributed by atoms with van der Waals surface area (Å²) in [4.78, 5) is 18.6. The SMILES string of the molecule is O=C(C[C@H](c1ccc2c(c1)OCCO2)c1c[nH]c2ccc(Cl)cc12)NCCN1CCOCC1. The van der Waals surface area contributed by atoms with Crippen molar-refractivity contribution in [1.82, 2.24) is 15.2 Å². The van der Waals surface area contributed by atoms with Gasteiger partial charge in [0.25, 0.3) is 0 Å². The predicted octanol–water partition coefficient (Wildman–Crippen LogP) is 3.56. The number of carbonyl (C=O) groups excluding carboxylic acids is 1. The molecule has 3 heterocycles. The molecule has 0 unspecified atom stereocenters. The number of rotatable bonds is 7. The second-order valence-corrected chi connectivity index (χ2v) is 8.83. The molecule has 2 aromatic carbocycles. The van der Waals surface area contributed by atoms with Crippen LogP contribution in [0, 0.1) is 0 Å². The second-order valence-electron chi connectivity index (χ2n) is 8.40. The minimum absolute atomic E-state index is 0.0135. The molecule has 1 amide bonds. The van der Waals surface area contributed by atoms with Crippen LogP contribution in [0.4, 0.5) is 0 Å². The van der Waals surface area contributed by atoms with E-state index >= 15 is 0 Å². The van der Waals surface area contributed by atoms with E-state index in [0.717, 1.165) is 60.6 Å². The largest absolute Gasteiger partial charge is 0.486 e. The Morgan fingerprint density at radius 2 is 1.88 bits per heavy atom. The number of ether oxygens (including phenoxy) is 3. The zero-order valence-electron chi connectivity index (χ0n) is 18.4. The maximum absolute atomic E-state index is 13.0. The van der Waals surface area contributed by atoms with E-state index in [9.17, 15) is 4.79 Å². The predicted molar refractivity (Wildman–Crippen MR) is 127 cm³/mol. The summed E-state index contributed by atoms with van der Waals surface area (Å²) in [6.45, 7) is 5.83. The number of amides is 1. The number of H-pyrrole nitrogens is 1. The number of hydrogen-bond donors (Lipinski definition) is 2. The van der Waals surface area contributed by atoms with Crippen molar-refractivity contribution in [2.75, 3.05) is 52.6 Å². The van der Waals surface area contributed by atoms with Crippen molar-refractivity contribution in [2.45, 2.75) is 12.3 Å². The van der Waals surface area contributed by atoms with Gasteiger partial charge in [0.1, 0.15) is 13.2 Å². The summed E-state index contributed by atoms with van der Waals surface area (Å²) in [5.41, 5.74) is 3.03. The number of nitrogens with zero attached hydrogens (tertiary/aromatic N) is 1. The number of aromatic amines is 1. The van der Waals surface area contributed by atoms with Gasteiger partial charge < -0.3 is 24.5 Å². The van der Waals surface area contributed by atoms with Crippen LogP contribution in [0.5, 0.6) is 11.5 Å². The number of carbonyl (C=O) groups is 1. The van der Waals surface area contributed by atoms with E-state index in [0.29, 0.717) is 37.0 Å². The first-order valence-corrected chi connectivity index (χ1v) is 11.8. The third kappa shape index (κ3) is 5.11. The molecular formula is C25H28ClN3O4. The van der Waals surface area contributed by atoms with Crippen LogP contribution >= 0.6 is 11.6 Å². The lowest BCUT2D eigenvalue weighted by Crippen LogP contribution is -2.41. The average molecular weight is 470 g/mol. The van der Waals surface area contributed by atoms with Crippen molar-refractivity contribution in [2.24, 2.45) is 0 Å². The Bertz CT molecular complexity index is 1130. The van der Waals surface area contributed by atoms with Crippen molar-refractivity contribution in [1.29, 1.82) is 0 Å². The number of fused-ring (bicyclic) bond motifs is 2. The van der Waals surface area contributed by atoms with E-state index in [4.69, 9.17) is 25.8 Å². The molecule has 3 aromatic rings. The fourth-order valence-corrected chi connectivity index (χ4v) is 4.69. The Hall–Kier alpha value is -2.74. The second kappa shape index (κ2) is 10.0. The van der Waals surface area contributed by atoms with E-state index in [1.54, 1.807) is 0 Å². The number of hydrogen-bond acceptors (Lipinski definition) is 5. The molecule has 0 bridgehead atoms. The van der Waals surface area contributed by atoms with Crippen LogP contribution in [-0.4, -0.2) is 68.4 Å². The summed E-state index contributed by atoms with van der Waals surface area (Å²) in [7, 11) is 0. The number of aromatic nitrogens is 1. The van der Waals surface area contributed by atoms with Gasteiger partial charge in [-0.1, -0.05) is 17.7 Å².